The van der Waals surface area contributed by atoms with Gasteiger partial charge in [0, 0.05) is 25.8 Å². The minimum atomic E-state index is -3.57. The van der Waals surface area contributed by atoms with E-state index in [4.69, 9.17) is 9.15 Å². The lowest BCUT2D eigenvalue weighted by molar-refractivity contribution is 0.204. The van der Waals surface area contributed by atoms with Crippen molar-refractivity contribution >= 4 is 10.0 Å². The van der Waals surface area contributed by atoms with Crippen molar-refractivity contribution < 1.29 is 17.6 Å². The van der Waals surface area contributed by atoms with Crippen LogP contribution in [-0.4, -0.2) is 35.2 Å². The summed E-state index contributed by atoms with van der Waals surface area (Å²) >= 11 is 0. The molecule has 19 heavy (non-hydrogen) atoms. The lowest BCUT2D eigenvalue weighted by Gasteiger charge is -2.08. The summed E-state index contributed by atoms with van der Waals surface area (Å²) in [4.78, 5) is 0.238. The standard InChI is InChI=1S/C12H22N2O4S/c1-5-13-8-11-9(2)18-10(3)12(11)19(15,16)14-6-7-17-4/h13-14H,5-8H2,1-4H3. The zero-order valence-electron chi connectivity index (χ0n) is 11.9. The highest BCUT2D eigenvalue weighted by molar-refractivity contribution is 7.89. The monoisotopic (exact) mass is 290 g/mol. The molecule has 0 fully saturated rings. The van der Waals surface area contributed by atoms with Crippen molar-refractivity contribution in [2.75, 3.05) is 26.8 Å². The maximum atomic E-state index is 12.3. The van der Waals surface area contributed by atoms with E-state index in [9.17, 15) is 8.42 Å². The molecular formula is C12H22N2O4S. The molecule has 1 heterocycles. The fourth-order valence-corrected chi connectivity index (χ4v) is 3.32. The van der Waals surface area contributed by atoms with Gasteiger partial charge in [0.05, 0.1) is 6.61 Å². The third-order valence-corrected chi connectivity index (χ3v) is 4.40. The van der Waals surface area contributed by atoms with Gasteiger partial charge in [-0.3, -0.25) is 0 Å². The van der Waals surface area contributed by atoms with Crippen LogP contribution in [0.2, 0.25) is 0 Å². The van der Waals surface area contributed by atoms with E-state index >= 15 is 0 Å². The molecule has 110 valence electrons. The van der Waals surface area contributed by atoms with E-state index in [0.29, 0.717) is 30.2 Å². The van der Waals surface area contributed by atoms with Crippen LogP contribution in [0.5, 0.6) is 0 Å². The summed E-state index contributed by atoms with van der Waals surface area (Å²) < 4.78 is 37.3. The average molecular weight is 290 g/mol. The topological polar surface area (TPSA) is 80.6 Å². The number of aryl methyl sites for hydroxylation is 2. The van der Waals surface area contributed by atoms with Crippen LogP contribution in [0, 0.1) is 13.8 Å². The molecule has 0 unspecified atom stereocenters. The Labute approximate surface area is 114 Å². The second-order valence-corrected chi connectivity index (χ2v) is 5.90. The quantitative estimate of drug-likeness (QED) is 0.696. The normalized spacial score (nSPS) is 12.0. The zero-order valence-corrected chi connectivity index (χ0v) is 12.7. The van der Waals surface area contributed by atoms with Crippen molar-refractivity contribution in [3.8, 4) is 0 Å². The van der Waals surface area contributed by atoms with Crippen LogP contribution in [0.1, 0.15) is 24.0 Å². The lowest BCUT2D eigenvalue weighted by Crippen LogP contribution is -2.28. The molecule has 0 spiro atoms. The van der Waals surface area contributed by atoms with E-state index in [2.05, 4.69) is 10.0 Å². The Hall–Kier alpha value is -0.890. The Bertz CT molecular complexity index is 508. The summed E-state index contributed by atoms with van der Waals surface area (Å²) in [6, 6.07) is 0. The summed E-state index contributed by atoms with van der Waals surface area (Å²) in [5.41, 5.74) is 0.685. The number of hydrogen-bond acceptors (Lipinski definition) is 5. The van der Waals surface area contributed by atoms with E-state index in [1.54, 1.807) is 13.8 Å². The van der Waals surface area contributed by atoms with Crippen molar-refractivity contribution in [2.24, 2.45) is 0 Å². The first kappa shape index (κ1) is 16.2. The van der Waals surface area contributed by atoms with Crippen LogP contribution in [0.15, 0.2) is 9.31 Å². The number of hydrogen-bond donors (Lipinski definition) is 2. The predicted octanol–water partition coefficient (Wildman–Crippen LogP) is 0.931. The Morgan fingerprint density at radius 2 is 1.95 bits per heavy atom. The van der Waals surface area contributed by atoms with E-state index in [1.807, 2.05) is 6.92 Å². The van der Waals surface area contributed by atoms with Gasteiger partial charge in [-0.25, -0.2) is 13.1 Å². The molecule has 0 saturated carbocycles. The van der Waals surface area contributed by atoms with Gasteiger partial charge < -0.3 is 14.5 Å². The number of ether oxygens (including phenoxy) is 1. The fraction of sp³-hybridized carbons (Fsp3) is 0.667. The smallest absolute Gasteiger partial charge is 0.244 e. The second-order valence-electron chi connectivity index (χ2n) is 4.19. The molecule has 2 N–H and O–H groups in total. The second kappa shape index (κ2) is 7.04. The average Bonchev–Trinajstić information content (AvgIpc) is 2.62. The van der Waals surface area contributed by atoms with Crippen molar-refractivity contribution in [3.63, 3.8) is 0 Å². The highest BCUT2D eigenvalue weighted by Crippen LogP contribution is 2.26. The van der Waals surface area contributed by atoms with Crippen molar-refractivity contribution in [1.82, 2.24) is 10.0 Å². The molecule has 1 rings (SSSR count). The van der Waals surface area contributed by atoms with Crippen LogP contribution >= 0.6 is 0 Å². The first-order chi connectivity index (χ1) is 8.94. The van der Waals surface area contributed by atoms with E-state index < -0.39 is 10.0 Å². The van der Waals surface area contributed by atoms with Gasteiger partial charge in [0.25, 0.3) is 0 Å². The molecular weight excluding hydrogens is 268 g/mol. The van der Waals surface area contributed by atoms with E-state index in [1.165, 1.54) is 7.11 Å². The van der Waals surface area contributed by atoms with Crippen molar-refractivity contribution in [2.45, 2.75) is 32.2 Å². The third kappa shape index (κ3) is 4.04. The molecule has 7 heteroatoms. The van der Waals surface area contributed by atoms with Gasteiger partial charge >= 0.3 is 0 Å². The molecule has 0 aliphatic carbocycles. The highest BCUT2D eigenvalue weighted by Gasteiger charge is 2.26. The maximum absolute atomic E-state index is 12.3. The Morgan fingerprint density at radius 3 is 2.53 bits per heavy atom. The predicted molar refractivity (Wildman–Crippen MR) is 72.6 cm³/mol. The molecule has 0 bridgehead atoms. The SMILES string of the molecule is CCNCc1c(C)oc(C)c1S(=O)(=O)NCCOC. The minimum absolute atomic E-state index is 0.238. The molecule has 0 amide bonds. The fourth-order valence-electron chi connectivity index (χ4n) is 1.87. The zero-order chi connectivity index (χ0) is 14.5. The van der Waals surface area contributed by atoms with Gasteiger partial charge in [0.15, 0.2) is 0 Å². The van der Waals surface area contributed by atoms with Crippen LogP contribution < -0.4 is 10.0 Å². The Balaban J connectivity index is 3.03. The van der Waals surface area contributed by atoms with Crippen molar-refractivity contribution in [3.05, 3.63) is 17.1 Å². The summed E-state index contributed by atoms with van der Waals surface area (Å²) in [7, 11) is -2.04. The van der Waals surface area contributed by atoms with Gasteiger partial charge in [-0.2, -0.15) is 0 Å². The number of furan rings is 1. The number of methoxy groups -OCH3 is 1. The minimum Gasteiger partial charge on any atom is -0.465 e. The third-order valence-electron chi connectivity index (χ3n) is 2.74. The van der Waals surface area contributed by atoms with Crippen LogP contribution in [-0.2, 0) is 21.3 Å². The summed E-state index contributed by atoms with van der Waals surface area (Å²) in [5, 5.41) is 3.12. The molecule has 0 aromatic carbocycles. The molecule has 0 atom stereocenters. The number of rotatable bonds is 8. The number of sulfonamides is 1. The lowest BCUT2D eigenvalue weighted by atomic mass is 10.2. The van der Waals surface area contributed by atoms with Gasteiger partial charge in [-0.15, -0.1) is 0 Å². The maximum Gasteiger partial charge on any atom is 0.244 e. The summed E-state index contributed by atoms with van der Waals surface area (Å²) in [6.45, 7) is 7.20. The molecule has 0 radical (unpaired) electrons. The Morgan fingerprint density at radius 1 is 1.26 bits per heavy atom. The van der Waals surface area contributed by atoms with Crippen molar-refractivity contribution in [1.29, 1.82) is 0 Å². The van der Waals surface area contributed by atoms with Gasteiger partial charge in [0.2, 0.25) is 10.0 Å². The largest absolute Gasteiger partial charge is 0.465 e. The first-order valence-electron chi connectivity index (χ1n) is 6.22. The van der Waals surface area contributed by atoms with Gasteiger partial charge in [0.1, 0.15) is 16.4 Å². The number of nitrogens with one attached hydrogen (secondary N) is 2. The van der Waals surface area contributed by atoms with Gasteiger partial charge in [-0.1, -0.05) is 6.92 Å². The van der Waals surface area contributed by atoms with E-state index in [0.717, 1.165) is 6.54 Å². The van der Waals surface area contributed by atoms with Crippen LogP contribution in [0.4, 0.5) is 0 Å². The Kier molecular flexibility index (Phi) is 5.99. The molecule has 0 saturated heterocycles. The van der Waals surface area contributed by atoms with E-state index in [-0.39, 0.29) is 11.4 Å². The summed E-state index contributed by atoms with van der Waals surface area (Å²) in [6.07, 6.45) is 0. The highest BCUT2D eigenvalue weighted by atomic mass is 32.2. The van der Waals surface area contributed by atoms with Crippen LogP contribution in [0.3, 0.4) is 0 Å². The molecule has 6 nitrogen and oxygen atoms in total. The molecule has 0 aliphatic rings. The molecule has 0 aliphatic heterocycles. The first-order valence-corrected chi connectivity index (χ1v) is 7.70. The summed E-state index contributed by atoms with van der Waals surface area (Å²) in [5.74, 6) is 1.04. The van der Waals surface area contributed by atoms with Gasteiger partial charge in [-0.05, 0) is 20.4 Å². The molecule has 1 aromatic heterocycles. The molecule has 1 aromatic rings. The van der Waals surface area contributed by atoms with Crippen LogP contribution in [0.25, 0.3) is 0 Å².